The Bertz CT molecular complexity index is 426. The number of carbonyl (C=O) groups is 1. The van der Waals surface area contributed by atoms with Gasteiger partial charge in [0.2, 0.25) is 5.91 Å². The average Bonchev–Trinajstić information content (AvgIpc) is 2.49. The van der Waals surface area contributed by atoms with E-state index in [0.717, 1.165) is 6.42 Å². The number of nitrogens with zero attached hydrogens (tertiary/aromatic N) is 1. The maximum Gasteiger partial charge on any atom is 0.241 e. The van der Waals surface area contributed by atoms with Gasteiger partial charge in [-0.3, -0.25) is 4.79 Å². The van der Waals surface area contributed by atoms with Crippen LogP contribution in [0.2, 0.25) is 0 Å². The third-order valence-electron chi connectivity index (χ3n) is 3.88. The molecule has 0 bridgehead atoms. The summed E-state index contributed by atoms with van der Waals surface area (Å²) < 4.78 is 10.7. The summed E-state index contributed by atoms with van der Waals surface area (Å²) >= 11 is 0. The van der Waals surface area contributed by atoms with E-state index < -0.39 is 11.6 Å². The Morgan fingerprint density at radius 3 is 2.59 bits per heavy atom. The first-order valence-electron chi connectivity index (χ1n) is 7.78. The topological polar surface area (TPSA) is 85.0 Å². The molecule has 1 heterocycles. The first-order chi connectivity index (χ1) is 10.3. The molecule has 0 saturated carbocycles. The smallest absolute Gasteiger partial charge is 0.241 e. The molecule has 0 aromatic heterocycles. The minimum absolute atomic E-state index is 0.0177. The summed E-state index contributed by atoms with van der Waals surface area (Å²) in [6.45, 7) is 7.11. The number of nitrogens with two attached hydrogens (primary N) is 1. The monoisotopic (exact) mass is 312 g/mol. The summed E-state index contributed by atoms with van der Waals surface area (Å²) in [4.78, 5) is 13.4. The van der Waals surface area contributed by atoms with E-state index >= 15 is 0 Å². The van der Waals surface area contributed by atoms with Gasteiger partial charge in [0.25, 0.3) is 0 Å². The molecule has 0 aromatic carbocycles. The second-order valence-electron chi connectivity index (χ2n) is 5.81. The third kappa shape index (κ3) is 5.25. The predicted molar refractivity (Wildman–Crippen MR) is 84.0 cm³/mol. The van der Waals surface area contributed by atoms with Crippen LogP contribution in [0.15, 0.2) is 0 Å². The van der Waals surface area contributed by atoms with Crippen LogP contribution in [0, 0.1) is 17.8 Å². The minimum Gasteiger partial charge on any atom is -0.375 e. The molecule has 0 aromatic rings. The van der Waals surface area contributed by atoms with Gasteiger partial charge in [-0.15, -0.1) is 0 Å². The van der Waals surface area contributed by atoms with E-state index in [9.17, 15) is 9.90 Å². The first-order valence-corrected chi connectivity index (χ1v) is 7.78. The fraction of sp³-hybridized carbons (Fsp3) is 0.812. The summed E-state index contributed by atoms with van der Waals surface area (Å²) in [5, 5.41) is 9.91. The van der Waals surface area contributed by atoms with Crippen LogP contribution in [0.1, 0.15) is 27.2 Å². The number of carbonyl (C=O) groups excluding carboxylic acids is 1. The highest BCUT2D eigenvalue weighted by Crippen LogP contribution is 2.17. The Kier molecular flexibility index (Phi) is 7.30. The van der Waals surface area contributed by atoms with Gasteiger partial charge in [0.15, 0.2) is 5.60 Å². The van der Waals surface area contributed by atoms with Crippen LogP contribution in [-0.2, 0) is 14.3 Å². The number of amides is 1. The molecule has 0 radical (unpaired) electrons. The van der Waals surface area contributed by atoms with Gasteiger partial charge in [0.1, 0.15) is 6.04 Å². The lowest BCUT2D eigenvalue weighted by molar-refractivity contribution is -0.141. The van der Waals surface area contributed by atoms with Crippen LogP contribution in [0.3, 0.4) is 0 Å². The SMILES string of the molecule is CCC(C#CC1(O)COC1)[C@H](C)OC[C@H](N)C(=O)N(C)CC. The van der Waals surface area contributed by atoms with Crippen molar-refractivity contribution in [3.05, 3.63) is 0 Å². The average molecular weight is 312 g/mol. The van der Waals surface area contributed by atoms with Crippen LogP contribution < -0.4 is 5.73 Å². The van der Waals surface area contributed by atoms with Crippen LogP contribution >= 0.6 is 0 Å². The van der Waals surface area contributed by atoms with Crippen molar-refractivity contribution in [1.29, 1.82) is 0 Å². The first kappa shape index (κ1) is 18.9. The highest BCUT2D eigenvalue weighted by atomic mass is 16.5. The zero-order valence-corrected chi connectivity index (χ0v) is 14.0. The van der Waals surface area contributed by atoms with Gasteiger partial charge >= 0.3 is 0 Å². The highest BCUT2D eigenvalue weighted by molar-refractivity contribution is 5.81. The van der Waals surface area contributed by atoms with E-state index in [1.807, 2.05) is 20.8 Å². The summed E-state index contributed by atoms with van der Waals surface area (Å²) in [5.41, 5.74) is 4.84. The quantitative estimate of drug-likeness (QED) is 0.646. The Hall–Kier alpha value is -1.13. The second kappa shape index (κ2) is 8.49. The summed E-state index contributed by atoms with van der Waals surface area (Å²) in [7, 11) is 1.72. The van der Waals surface area contributed by atoms with E-state index in [4.69, 9.17) is 15.2 Å². The molecule has 6 heteroatoms. The van der Waals surface area contributed by atoms with Crippen molar-refractivity contribution in [2.75, 3.05) is 33.4 Å². The highest BCUT2D eigenvalue weighted by Gasteiger charge is 2.34. The number of ether oxygens (including phenoxy) is 2. The number of rotatable bonds is 7. The van der Waals surface area contributed by atoms with Gasteiger partial charge in [0.05, 0.1) is 25.9 Å². The van der Waals surface area contributed by atoms with Crippen molar-refractivity contribution in [3.8, 4) is 11.8 Å². The van der Waals surface area contributed by atoms with Gasteiger partial charge in [-0.1, -0.05) is 18.8 Å². The van der Waals surface area contributed by atoms with E-state index in [1.54, 1.807) is 11.9 Å². The molecule has 0 aliphatic carbocycles. The van der Waals surface area contributed by atoms with Crippen molar-refractivity contribution in [3.63, 3.8) is 0 Å². The van der Waals surface area contributed by atoms with Gasteiger partial charge < -0.3 is 25.2 Å². The van der Waals surface area contributed by atoms with Crippen molar-refractivity contribution >= 4 is 5.91 Å². The van der Waals surface area contributed by atoms with E-state index in [1.165, 1.54) is 0 Å². The Morgan fingerprint density at radius 2 is 2.14 bits per heavy atom. The molecule has 1 rings (SSSR count). The maximum absolute atomic E-state index is 11.9. The van der Waals surface area contributed by atoms with E-state index in [0.29, 0.717) is 6.54 Å². The molecule has 126 valence electrons. The van der Waals surface area contributed by atoms with Crippen LogP contribution in [0.4, 0.5) is 0 Å². The molecule has 1 fully saturated rings. The van der Waals surface area contributed by atoms with Crippen LogP contribution in [0.25, 0.3) is 0 Å². The van der Waals surface area contributed by atoms with Gasteiger partial charge in [-0.05, 0) is 20.3 Å². The lowest BCUT2D eigenvalue weighted by Crippen LogP contribution is -2.48. The zero-order chi connectivity index (χ0) is 16.8. The van der Waals surface area contributed by atoms with Gasteiger partial charge in [-0.25, -0.2) is 0 Å². The molecular formula is C16H28N2O4. The van der Waals surface area contributed by atoms with Crippen molar-refractivity contribution in [2.45, 2.75) is 44.9 Å². The molecule has 1 aliphatic heterocycles. The van der Waals surface area contributed by atoms with Crippen LogP contribution in [0.5, 0.6) is 0 Å². The fourth-order valence-corrected chi connectivity index (χ4v) is 2.03. The number of hydrogen-bond acceptors (Lipinski definition) is 5. The van der Waals surface area contributed by atoms with Gasteiger partial charge in [-0.2, -0.15) is 0 Å². The lowest BCUT2D eigenvalue weighted by Gasteiger charge is -2.31. The molecule has 22 heavy (non-hydrogen) atoms. The number of aliphatic hydroxyl groups is 1. The molecule has 1 aliphatic rings. The number of likely N-dealkylation sites (N-methyl/N-ethyl adjacent to an activating group) is 1. The molecule has 1 amide bonds. The largest absolute Gasteiger partial charge is 0.375 e. The predicted octanol–water partition coefficient (Wildman–Crippen LogP) is -0.0120. The number of hydrogen-bond donors (Lipinski definition) is 2. The molecule has 6 nitrogen and oxygen atoms in total. The molecule has 3 N–H and O–H groups in total. The van der Waals surface area contributed by atoms with Crippen molar-refractivity contribution < 1.29 is 19.4 Å². The Labute approximate surface area is 132 Å². The second-order valence-corrected chi connectivity index (χ2v) is 5.81. The third-order valence-corrected chi connectivity index (χ3v) is 3.88. The minimum atomic E-state index is -1.01. The summed E-state index contributed by atoms with van der Waals surface area (Å²) in [6, 6.07) is -0.665. The molecule has 1 unspecified atom stereocenters. The molecular weight excluding hydrogens is 284 g/mol. The lowest BCUT2D eigenvalue weighted by atomic mass is 9.97. The standard InChI is InChI=1S/C16H28N2O4/c1-5-13(7-8-16(20)10-21-11-16)12(3)22-9-14(17)15(19)18(4)6-2/h12-14,20H,5-6,9-11,17H2,1-4H3/t12-,13?,14-/m0/s1. The van der Waals surface area contributed by atoms with Crippen molar-refractivity contribution in [1.82, 2.24) is 4.90 Å². The summed E-state index contributed by atoms with van der Waals surface area (Å²) in [6.07, 6.45) is 0.635. The van der Waals surface area contributed by atoms with Gasteiger partial charge in [0, 0.05) is 19.5 Å². The van der Waals surface area contributed by atoms with Crippen molar-refractivity contribution in [2.24, 2.45) is 11.7 Å². The zero-order valence-electron chi connectivity index (χ0n) is 14.0. The molecule has 0 spiro atoms. The fourth-order valence-electron chi connectivity index (χ4n) is 2.03. The maximum atomic E-state index is 11.9. The van der Waals surface area contributed by atoms with Crippen LogP contribution in [-0.4, -0.2) is 67.1 Å². The Morgan fingerprint density at radius 1 is 1.50 bits per heavy atom. The summed E-state index contributed by atoms with van der Waals surface area (Å²) in [5.74, 6) is 5.77. The van der Waals surface area contributed by atoms with E-state index in [2.05, 4.69) is 11.8 Å². The Balaban J connectivity index is 2.48. The van der Waals surface area contributed by atoms with E-state index in [-0.39, 0.29) is 37.7 Å². The normalized spacial score (nSPS) is 20.1. The molecule has 1 saturated heterocycles. The molecule has 3 atom stereocenters.